The van der Waals surface area contributed by atoms with E-state index in [0.717, 1.165) is 0 Å². The summed E-state index contributed by atoms with van der Waals surface area (Å²) in [4.78, 5) is 0.280. The molecule has 0 spiro atoms. The molecule has 0 fully saturated rings. The minimum atomic E-state index is -3.48. The maximum Gasteiger partial charge on any atom is 0.240 e. The third kappa shape index (κ3) is 4.22. The van der Waals surface area contributed by atoms with Crippen LogP contribution >= 0.6 is 0 Å². The van der Waals surface area contributed by atoms with Gasteiger partial charge in [0.1, 0.15) is 0 Å². The van der Waals surface area contributed by atoms with Gasteiger partial charge in [-0.15, -0.1) is 0 Å². The minimum absolute atomic E-state index is 0.205. The second-order valence-electron chi connectivity index (χ2n) is 3.60. The summed E-state index contributed by atoms with van der Waals surface area (Å²) in [6.07, 6.45) is 0. The van der Waals surface area contributed by atoms with E-state index in [0.29, 0.717) is 17.1 Å². The highest BCUT2D eigenvalue weighted by Gasteiger charge is 2.15. The number of aryl methyl sites for hydroxylation is 1. The van der Waals surface area contributed by atoms with Gasteiger partial charge in [-0.05, 0) is 18.6 Å². The summed E-state index contributed by atoms with van der Waals surface area (Å²) in [5.74, 6) is 0.897. The van der Waals surface area contributed by atoms with E-state index < -0.39 is 20.8 Å². The molecule has 0 saturated heterocycles. The Morgan fingerprint density at radius 3 is 2.53 bits per heavy atom. The highest BCUT2D eigenvalue weighted by atomic mass is 32.2. The Hall–Kier alpha value is -0.720. The molecule has 1 atom stereocenters. The number of hydrogen-bond donors (Lipinski definition) is 1. The Labute approximate surface area is 105 Å². The molecule has 4 nitrogen and oxygen atoms in total. The molecule has 1 rings (SSSR count). The topological polar surface area (TPSA) is 63.2 Å². The molecule has 0 aliphatic heterocycles. The molecule has 0 radical (unpaired) electrons. The van der Waals surface area contributed by atoms with E-state index in [-0.39, 0.29) is 11.4 Å². The molecular formula is C11H17NO3S2. The first-order valence-corrected chi connectivity index (χ1v) is 8.34. The van der Waals surface area contributed by atoms with E-state index >= 15 is 0 Å². The number of nitrogens with one attached hydrogen (secondary N) is 1. The molecule has 1 N–H and O–H groups in total. The van der Waals surface area contributed by atoms with Crippen molar-refractivity contribution in [3.63, 3.8) is 0 Å². The monoisotopic (exact) mass is 275 g/mol. The number of hydrogen-bond acceptors (Lipinski definition) is 3. The standard InChI is InChI=1S/C11H17NO3S2/c1-3-16(13)9-8-12-17(14,15)11-7-5-4-6-10(11)2/h4-7,12H,3,8-9H2,1-2H3. The zero-order valence-electron chi connectivity index (χ0n) is 9.97. The lowest BCUT2D eigenvalue weighted by Crippen LogP contribution is -2.28. The van der Waals surface area contributed by atoms with Crippen LogP contribution in [0.1, 0.15) is 12.5 Å². The Bertz CT molecular complexity index is 497. The van der Waals surface area contributed by atoms with Gasteiger partial charge in [0.2, 0.25) is 10.0 Å². The van der Waals surface area contributed by atoms with Gasteiger partial charge in [0, 0.05) is 28.9 Å². The van der Waals surface area contributed by atoms with Crippen molar-refractivity contribution in [1.82, 2.24) is 4.72 Å². The summed E-state index contributed by atoms with van der Waals surface area (Å²) < 4.78 is 37.5. The van der Waals surface area contributed by atoms with Gasteiger partial charge in [0.05, 0.1) is 4.90 Å². The van der Waals surface area contributed by atoms with Gasteiger partial charge in [-0.2, -0.15) is 0 Å². The second kappa shape index (κ2) is 6.28. The third-order valence-electron chi connectivity index (χ3n) is 2.33. The van der Waals surface area contributed by atoms with Crippen molar-refractivity contribution in [3.05, 3.63) is 29.8 Å². The van der Waals surface area contributed by atoms with Gasteiger partial charge < -0.3 is 0 Å². The SMILES string of the molecule is CCS(=O)CCNS(=O)(=O)c1ccccc1C. The Balaban J connectivity index is 2.70. The summed E-state index contributed by atoms with van der Waals surface area (Å²) >= 11 is 0. The highest BCUT2D eigenvalue weighted by molar-refractivity contribution is 7.89. The summed E-state index contributed by atoms with van der Waals surface area (Å²) in [5, 5.41) is 0. The Kier molecular flexibility index (Phi) is 5.30. The first-order valence-electron chi connectivity index (χ1n) is 5.37. The quantitative estimate of drug-likeness (QED) is 0.844. The molecule has 0 saturated carbocycles. The molecule has 96 valence electrons. The Morgan fingerprint density at radius 2 is 1.94 bits per heavy atom. The van der Waals surface area contributed by atoms with Crippen LogP contribution in [0.2, 0.25) is 0 Å². The average molecular weight is 275 g/mol. The van der Waals surface area contributed by atoms with Crippen LogP contribution in [0.3, 0.4) is 0 Å². The molecular weight excluding hydrogens is 258 g/mol. The first kappa shape index (κ1) is 14.3. The first-order chi connectivity index (χ1) is 7.97. The van der Waals surface area contributed by atoms with Gasteiger partial charge in [-0.3, -0.25) is 4.21 Å². The van der Waals surface area contributed by atoms with Crippen LogP contribution in [0, 0.1) is 6.92 Å². The average Bonchev–Trinajstić information content (AvgIpc) is 2.28. The number of rotatable bonds is 6. The Morgan fingerprint density at radius 1 is 1.29 bits per heavy atom. The molecule has 1 unspecified atom stereocenters. The smallest absolute Gasteiger partial charge is 0.240 e. The van der Waals surface area contributed by atoms with Gasteiger partial charge in [0.15, 0.2) is 0 Å². The largest absolute Gasteiger partial charge is 0.260 e. The maximum absolute atomic E-state index is 11.9. The molecule has 0 heterocycles. The molecule has 0 aromatic heterocycles. The van der Waals surface area contributed by atoms with Gasteiger partial charge in [-0.25, -0.2) is 13.1 Å². The molecule has 1 aromatic rings. The lowest BCUT2D eigenvalue weighted by atomic mass is 10.2. The van der Waals surface area contributed by atoms with Crippen LogP contribution in [0.15, 0.2) is 29.2 Å². The molecule has 1 aromatic carbocycles. The van der Waals surface area contributed by atoms with E-state index in [9.17, 15) is 12.6 Å². The maximum atomic E-state index is 11.9. The van der Waals surface area contributed by atoms with E-state index in [1.807, 2.05) is 6.92 Å². The summed E-state index contributed by atoms with van der Waals surface area (Å²) in [6.45, 7) is 3.77. The molecule has 0 bridgehead atoms. The van der Waals surface area contributed by atoms with E-state index in [4.69, 9.17) is 0 Å². The lowest BCUT2D eigenvalue weighted by Gasteiger charge is -2.08. The fourth-order valence-electron chi connectivity index (χ4n) is 1.37. The van der Waals surface area contributed by atoms with Crippen LogP contribution in [0.5, 0.6) is 0 Å². The molecule has 17 heavy (non-hydrogen) atoms. The molecule has 6 heteroatoms. The highest BCUT2D eigenvalue weighted by Crippen LogP contribution is 2.13. The fraction of sp³-hybridized carbons (Fsp3) is 0.455. The molecule has 0 aliphatic carbocycles. The van der Waals surface area contributed by atoms with Crippen LogP contribution < -0.4 is 4.72 Å². The zero-order valence-corrected chi connectivity index (χ0v) is 11.6. The molecule has 0 aliphatic rings. The zero-order chi connectivity index (χ0) is 12.9. The van der Waals surface area contributed by atoms with Crippen molar-refractivity contribution in [1.29, 1.82) is 0 Å². The van der Waals surface area contributed by atoms with E-state index in [1.54, 1.807) is 31.2 Å². The normalized spacial score (nSPS) is 13.5. The minimum Gasteiger partial charge on any atom is -0.260 e. The van der Waals surface area contributed by atoms with Crippen molar-refractivity contribution in [2.24, 2.45) is 0 Å². The van der Waals surface area contributed by atoms with Gasteiger partial charge >= 0.3 is 0 Å². The van der Waals surface area contributed by atoms with Crippen LogP contribution in [-0.4, -0.2) is 30.7 Å². The number of benzene rings is 1. The van der Waals surface area contributed by atoms with Gasteiger partial charge in [0.25, 0.3) is 0 Å². The predicted molar refractivity (Wildman–Crippen MR) is 69.9 cm³/mol. The predicted octanol–water partition coefficient (Wildman–Crippen LogP) is 1.04. The summed E-state index contributed by atoms with van der Waals surface area (Å²) in [6, 6.07) is 6.79. The second-order valence-corrected chi connectivity index (χ2v) is 7.20. The molecule has 0 amide bonds. The van der Waals surface area contributed by atoms with Crippen molar-refractivity contribution in [2.75, 3.05) is 18.1 Å². The van der Waals surface area contributed by atoms with Gasteiger partial charge in [-0.1, -0.05) is 25.1 Å². The third-order valence-corrected chi connectivity index (χ3v) is 5.25. The van der Waals surface area contributed by atoms with Crippen molar-refractivity contribution in [2.45, 2.75) is 18.7 Å². The van der Waals surface area contributed by atoms with Crippen LogP contribution in [-0.2, 0) is 20.8 Å². The summed E-state index contributed by atoms with van der Waals surface area (Å²) in [7, 11) is -4.43. The number of sulfonamides is 1. The fourth-order valence-corrected chi connectivity index (χ4v) is 3.39. The van der Waals surface area contributed by atoms with Crippen molar-refractivity contribution in [3.8, 4) is 0 Å². The van der Waals surface area contributed by atoms with E-state index in [2.05, 4.69) is 4.72 Å². The van der Waals surface area contributed by atoms with Crippen molar-refractivity contribution < 1.29 is 12.6 Å². The summed E-state index contributed by atoms with van der Waals surface area (Å²) in [5.41, 5.74) is 0.705. The van der Waals surface area contributed by atoms with Crippen LogP contribution in [0.4, 0.5) is 0 Å². The van der Waals surface area contributed by atoms with Crippen LogP contribution in [0.25, 0.3) is 0 Å². The lowest BCUT2D eigenvalue weighted by molar-refractivity contribution is 0.583. The van der Waals surface area contributed by atoms with Crippen molar-refractivity contribution >= 4 is 20.8 Å². The van der Waals surface area contributed by atoms with E-state index in [1.165, 1.54) is 0 Å².